The number of thioether (sulfide) groups is 1. The lowest BCUT2D eigenvalue weighted by atomic mass is 10.0. The van der Waals surface area contributed by atoms with Crippen molar-refractivity contribution < 1.29 is 4.39 Å². The van der Waals surface area contributed by atoms with Gasteiger partial charge in [0.15, 0.2) is 0 Å². The Morgan fingerprint density at radius 1 is 1.35 bits per heavy atom. The molecule has 0 saturated heterocycles. The molecule has 1 unspecified atom stereocenters. The van der Waals surface area contributed by atoms with Gasteiger partial charge in [0, 0.05) is 25.5 Å². The largest absolute Gasteiger partial charge is 0.271 e. The minimum absolute atomic E-state index is 0.239. The Bertz CT molecular complexity index is 606. The summed E-state index contributed by atoms with van der Waals surface area (Å²) in [6, 6.07) is 6.81. The fraction of sp³-hybridized carbons (Fsp3) is 0.286. The van der Waals surface area contributed by atoms with Gasteiger partial charge in [0.05, 0.1) is 6.04 Å². The molecule has 0 amide bonds. The van der Waals surface area contributed by atoms with Crippen molar-refractivity contribution in [3.63, 3.8) is 0 Å². The van der Waals surface area contributed by atoms with Crippen molar-refractivity contribution in [3.8, 4) is 0 Å². The number of hydrogen-bond acceptors (Lipinski definition) is 4. The second-order valence-corrected chi connectivity index (χ2v) is 7.85. The van der Waals surface area contributed by atoms with Crippen LogP contribution in [-0.2, 0) is 12.2 Å². The van der Waals surface area contributed by atoms with E-state index in [1.54, 1.807) is 23.5 Å². The highest BCUT2D eigenvalue weighted by atomic mass is 79.9. The number of rotatable bonds is 3. The SMILES string of the molecule is NNC(c1cc2c(s1)CCSC2)c1cc(Br)ccc1F. The lowest BCUT2D eigenvalue weighted by Crippen LogP contribution is -2.29. The second-order valence-electron chi connectivity index (χ2n) is 4.67. The van der Waals surface area contributed by atoms with E-state index in [1.165, 1.54) is 22.3 Å². The summed E-state index contributed by atoms with van der Waals surface area (Å²) in [5.41, 5.74) is 4.70. The zero-order chi connectivity index (χ0) is 14.1. The monoisotopic (exact) mass is 372 g/mol. The first-order valence-corrected chi connectivity index (χ1v) is 9.05. The van der Waals surface area contributed by atoms with Gasteiger partial charge in [0.2, 0.25) is 0 Å². The van der Waals surface area contributed by atoms with E-state index in [9.17, 15) is 4.39 Å². The highest BCUT2D eigenvalue weighted by Gasteiger charge is 2.22. The predicted octanol–water partition coefficient (Wildman–Crippen LogP) is 3.99. The zero-order valence-corrected chi connectivity index (χ0v) is 13.9. The topological polar surface area (TPSA) is 38.0 Å². The van der Waals surface area contributed by atoms with Crippen LogP contribution in [0, 0.1) is 5.82 Å². The number of nitrogens with two attached hydrogens (primary N) is 1. The highest BCUT2D eigenvalue weighted by Crippen LogP contribution is 2.37. The van der Waals surface area contributed by atoms with Crippen molar-refractivity contribution in [2.75, 3.05) is 5.75 Å². The lowest BCUT2D eigenvalue weighted by Gasteiger charge is -2.16. The lowest BCUT2D eigenvalue weighted by molar-refractivity contribution is 0.563. The van der Waals surface area contributed by atoms with E-state index in [4.69, 9.17) is 5.84 Å². The molecule has 6 heteroatoms. The molecule has 2 nitrogen and oxygen atoms in total. The number of hydrazine groups is 1. The van der Waals surface area contributed by atoms with Crippen LogP contribution in [0.2, 0.25) is 0 Å². The average molecular weight is 373 g/mol. The Morgan fingerprint density at radius 2 is 2.20 bits per heavy atom. The molecule has 1 atom stereocenters. The minimum Gasteiger partial charge on any atom is -0.271 e. The van der Waals surface area contributed by atoms with Crippen LogP contribution in [0.5, 0.6) is 0 Å². The molecule has 2 aromatic rings. The third-order valence-electron chi connectivity index (χ3n) is 3.37. The summed E-state index contributed by atoms with van der Waals surface area (Å²) in [6.07, 6.45) is 1.10. The van der Waals surface area contributed by atoms with Crippen molar-refractivity contribution in [3.05, 3.63) is 55.4 Å². The number of fused-ring (bicyclic) bond motifs is 1. The van der Waals surface area contributed by atoms with Gasteiger partial charge >= 0.3 is 0 Å². The van der Waals surface area contributed by atoms with Crippen molar-refractivity contribution in [1.82, 2.24) is 5.43 Å². The van der Waals surface area contributed by atoms with E-state index in [1.807, 2.05) is 11.8 Å². The molecule has 3 rings (SSSR count). The maximum absolute atomic E-state index is 14.1. The standard InChI is InChI=1S/C14H14BrFN2S2/c15-9-1-2-11(16)10(6-9)14(18-17)13-5-8-7-19-4-3-12(8)20-13/h1-2,5-6,14,18H,3-4,7,17H2. The van der Waals surface area contributed by atoms with E-state index >= 15 is 0 Å². The fourth-order valence-electron chi connectivity index (χ4n) is 2.37. The maximum atomic E-state index is 14.1. The van der Waals surface area contributed by atoms with Gasteiger partial charge in [0.25, 0.3) is 0 Å². The summed E-state index contributed by atoms with van der Waals surface area (Å²) in [5.74, 6) is 7.66. The summed E-state index contributed by atoms with van der Waals surface area (Å²) < 4.78 is 14.9. The third kappa shape index (κ3) is 2.80. The molecular weight excluding hydrogens is 359 g/mol. The minimum atomic E-state index is -0.298. The molecule has 3 N–H and O–H groups in total. The van der Waals surface area contributed by atoms with E-state index < -0.39 is 0 Å². The number of aryl methyl sites for hydroxylation is 1. The number of thiophene rings is 1. The summed E-state index contributed by atoms with van der Waals surface area (Å²) in [7, 11) is 0. The number of benzene rings is 1. The van der Waals surface area contributed by atoms with Gasteiger partial charge in [-0.05, 0) is 42.0 Å². The fourth-order valence-corrected chi connectivity index (χ4v) is 5.21. The molecule has 1 aliphatic rings. The average Bonchev–Trinajstić information content (AvgIpc) is 2.87. The van der Waals surface area contributed by atoms with Gasteiger partial charge in [-0.15, -0.1) is 11.3 Å². The van der Waals surface area contributed by atoms with E-state index in [2.05, 4.69) is 27.4 Å². The summed E-state index contributed by atoms with van der Waals surface area (Å²) in [6.45, 7) is 0. The van der Waals surface area contributed by atoms with Gasteiger partial charge in [-0.25, -0.2) is 9.82 Å². The van der Waals surface area contributed by atoms with E-state index in [-0.39, 0.29) is 11.9 Å². The normalized spacial score (nSPS) is 15.9. The van der Waals surface area contributed by atoms with Crippen molar-refractivity contribution in [1.29, 1.82) is 0 Å². The van der Waals surface area contributed by atoms with E-state index in [0.29, 0.717) is 5.56 Å². The molecule has 0 aliphatic carbocycles. The molecule has 1 aliphatic heterocycles. The quantitative estimate of drug-likeness (QED) is 0.631. The van der Waals surface area contributed by atoms with Gasteiger partial charge in [0.1, 0.15) is 5.82 Å². The predicted molar refractivity (Wildman–Crippen MR) is 87.5 cm³/mol. The smallest absolute Gasteiger partial charge is 0.128 e. The van der Waals surface area contributed by atoms with Crippen molar-refractivity contribution >= 4 is 39.0 Å². The molecule has 0 bridgehead atoms. The second kappa shape index (κ2) is 6.15. The molecule has 2 heterocycles. The first kappa shape index (κ1) is 14.5. The Morgan fingerprint density at radius 3 is 2.95 bits per heavy atom. The summed E-state index contributed by atoms with van der Waals surface area (Å²) in [4.78, 5) is 2.49. The van der Waals surface area contributed by atoms with Crippen LogP contribution >= 0.6 is 39.0 Å². The Hall–Kier alpha value is -0.400. The first-order valence-electron chi connectivity index (χ1n) is 6.29. The van der Waals surface area contributed by atoms with Crippen molar-refractivity contribution in [2.45, 2.75) is 18.2 Å². The molecule has 0 saturated carbocycles. The summed E-state index contributed by atoms with van der Waals surface area (Å²) >= 11 is 7.07. The zero-order valence-electron chi connectivity index (χ0n) is 10.7. The van der Waals surface area contributed by atoms with Crippen LogP contribution in [-0.4, -0.2) is 5.75 Å². The maximum Gasteiger partial charge on any atom is 0.128 e. The summed E-state index contributed by atoms with van der Waals surface area (Å²) in [5, 5.41) is 0. The van der Waals surface area contributed by atoms with Gasteiger partial charge < -0.3 is 0 Å². The van der Waals surface area contributed by atoms with Crippen LogP contribution in [0.15, 0.2) is 28.7 Å². The molecule has 0 radical (unpaired) electrons. The van der Waals surface area contributed by atoms with Crippen molar-refractivity contribution in [2.24, 2.45) is 5.84 Å². The molecule has 1 aromatic heterocycles. The molecule has 0 spiro atoms. The number of hydrogen-bond donors (Lipinski definition) is 2. The first-order chi connectivity index (χ1) is 9.69. The van der Waals surface area contributed by atoms with E-state index in [0.717, 1.165) is 21.5 Å². The van der Waals surface area contributed by atoms with Gasteiger partial charge in [-0.1, -0.05) is 15.9 Å². The Kier molecular flexibility index (Phi) is 4.47. The van der Waals surface area contributed by atoms with Crippen LogP contribution in [0.25, 0.3) is 0 Å². The van der Waals surface area contributed by atoms with Gasteiger partial charge in [-0.3, -0.25) is 5.84 Å². The third-order valence-corrected chi connectivity index (χ3v) is 6.17. The number of halogens is 2. The highest BCUT2D eigenvalue weighted by molar-refractivity contribution is 9.10. The molecule has 1 aromatic carbocycles. The van der Waals surface area contributed by atoms with Gasteiger partial charge in [-0.2, -0.15) is 11.8 Å². The molecule has 20 heavy (non-hydrogen) atoms. The van der Waals surface area contributed by atoms with Crippen LogP contribution in [0.1, 0.15) is 26.9 Å². The Labute approximate surface area is 134 Å². The van der Waals surface area contributed by atoms with Crippen LogP contribution in [0.4, 0.5) is 4.39 Å². The molecular formula is C14H14BrFN2S2. The van der Waals surface area contributed by atoms with Crippen LogP contribution in [0.3, 0.4) is 0 Å². The Balaban J connectivity index is 2.01. The molecule has 0 fully saturated rings. The molecule has 106 valence electrons. The number of nitrogens with one attached hydrogen (secondary N) is 1. The van der Waals surface area contributed by atoms with Crippen LogP contribution < -0.4 is 11.3 Å².